The number of benzene rings is 1. The second-order valence-corrected chi connectivity index (χ2v) is 4.77. The zero-order valence-corrected chi connectivity index (χ0v) is 12.3. The van der Waals surface area contributed by atoms with Crippen molar-refractivity contribution in [2.45, 2.75) is 26.8 Å². The number of hydrogen-bond donors (Lipinski definition) is 1. The lowest BCUT2D eigenvalue weighted by Gasteiger charge is -2.12. The molecule has 5 heteroatoms. The molecule has 0 aliphatic heterocycles. The number of aryl methyl sites for hydroxylation is 2. The number of ether oxygens (including phenoxy) is 1. The molecule has 0 aliphatic carbocycles. The summed E-state index contributed by atoms with van der Waals surface area (Å²) in [6.45, 7) is 4.16. The standard InChI is InChI=1S/C16H18F2N2O/c1-4-14-15(6-5-10(2)20-14)21-16-12(17)7-11(9-19-3)8-13(16)18/h5-8,19H,4,9H2,1-3H3. The van der Waals surface area contributed by atoms with E-state index in [9.17, 15) is 8.78 Å². The summed E-state index contributed by atoms with van der Waals surface area (Å²) >= 11 is 0. The minimum atomic E-state index is -0.720. The van der Waals surface area contributed by atoms with E-state index >= 15 is 0 Å². The Hall–Kier alpha value is -2.01. The SMILES string of the molecule is CCc1nc(C)ccc1Oc1c(F)cc(CNC)cc1F. The van der Waals surface area contributed by atoms with Crippen LogP contribution in [0.2, 0.25) is 0 Å². The maximum absolute atomic E-state index is 14.0. The molecule has 1 aromatic carbocycles. The summed E-state index contributed by atoms with van der Waals surface area (Å²) in [7, 11) is 1.71. The molecule has 0 fully saturated rings. The Morgan fingerprint density at radius 1 is 1.19 bits per heavy atom. The van der Waals surface area contributed by atoms with Gasteiger partial charge in [-0.05, 0) is 50.2 Å². The van der Waals surface area contributed by atoms with Crippen LogP contribution in [0.5, 0.6) is 11.5 Å². The number of nitrogens with one attached hydrogen (secondary N) is 1. The molecular weight excluding hydrogens is 274 g/mol. The lowest BCUT2D eigenvalue weighted by Crippen LogP contribution is -2.06. The van der Waals surface area contributed by atoms with Gasteiger partial charge >= 0.3 is 0 Å². The fourth-order valence-corrected chi connectivity index (χ4v) is 2.07. The van der Waals surface area contributed by atoms with Crippen LogP contribution in [0.15, 0.2) is 24.3 Å². The second-order valence-electron chi connectivity index (χ2n) is 4.77. The Morgan fingerprint density at radius 2 is 1.86 bits per heavy atom. The Balaban J connectivity index is 2.36. The number of nitrogens with zero attached hydrogens (tertiary/aromatic N) is 1. The lowest BCUT2D eigenvalue weighted by atomic mass is 10.2. The fourth-order valence-electron chi connectivity index (χ4n) is 2.07. The van der Waals surface area contributed by atoms with Crippen molar-refractivity contribution < 1.29 is 13.5 Å². The molecule has 1 N–H and O–H groups in total. The number of pyridine rings is 1. The van der Waals surface area contributed by atoms with Gasteiger partial charge in [-0.1, -0.05) is 6.92 Å². The van der Waals surface area contributed by atoms with Crippen molar-refractivity contribution in [1.82, 2.24) is 10.3 Å². The average Bonchev–Trinajstić information content (AvgIpc) is 2.44. The molecule has 0 bridgehead atoms. The van der Waals surface area contributed by atoms with Crippen molar-refractivity contribution in [3.63, 3.8) is 0 Å². The second kappa shape index (κ2) is 6.63. The van der Waals surface area contributed by atoms with Crippen molar-refractivity contribution in [3.8, 4) is 11.5 Å². The van der Waals surface area contributed by atoms with Crippen LogP contribution in [0.1, 0.15) is 23.9 Å². The zero-order valence-electron chi connectivity index (χ0n) is 12.3. The molecule has 0 aliphatic rings. The number of hydrogen-bond acceptors (Lipinski definition) is 3. The maximum atomic E-state index is 14.0. The highest BCUT2D eigenvalue weighted by atomic mass is 19.1. The van der Waals surface area contributed by atoms with E-state index in [0.717, 1.165) is 5.69 Å². The van der Waals surface area contributed by atoms with Crippen LogP contribution in [-0.4, -0.2) is 12.0 Å². The first kappa shape index (κ1) is 15.4. The lowest BCUT2D eigenvalue weighted by molar-refractivity contribution is 0.401. The molecule has 2 rings (SSSR count). The minimum Gasteiger partial charge on any atom is -0.449 e. The molecule has 1 heterocycles. The molecule has 21 heavy (non-hydrogen) atoms. The van der Waals surface area contributed by atoms with Crippen LogP contribution in [0.3, 0.4) is 0 Å². The van der Waals surface area contributed by atoms with Crippen LogP contribution < -0.4 is 10.1 Å². The summed E-state index contributed by atoms with van der Waals surface area (Å²) in [5.41, 5.74) is 2.04. The first-order valence-electron chi connectivity index (χ1n) is 6.82. The van der Waals surface area contributed by atoms with Crippen LogP contribution >= 0.6 is 0 Å². The summed E-state index contributed by atoms with van der Waals surface area (Å²) in [6.07, 6.45) is 0.623. The van der Waals surface area contributed by atoms with Gasteiger partial charge in [0.15, 0.2) is 17.4 Å². The Bertz CT molecular complexity index is 621. The maximum Gasteiger partial charge on any atom is 0.198 e. The molecule has 0 saturated heterocycles. The Morgan fingerprint density at radius 3 is 2.43 bits per heavy atom. The predicted molar refractivity (Wildman–Crippen MR) is 77.5 cm³/mol. The first-order valence-corrected chi connectivity index (χ1v) is 6.82. The number of aromatic nitrogens is 1. The average molecular weight is 292 g/mol. The normalized spacial score (nSPS) is 10.7. The highest BCUT2D eigenvalue weighted by Crippen LogP contribution is 2.30. The van der Waals surface area contributed by atoms with Gasteiger partial charge in [0.25, 0.3) is 0 Å². The van der Waals surface area contributed by atoms with Crippen molar-refractivity contribution in [3.05, 3.63) is 52.9 Å². The van der Waals surface area contributed by atoms with Gasteiger partial charge in [0.05, 0.1) is 5.69 Å². The van der Waals surface area contributed by atoms with E-state index in [1.54, 1.807) is 19.2 Å². The van der Waals surface area contributed by atoms with E-state index < -0.39 is 17.4 Å². The summed E-state index contributed by atoms with van der Waals surface area (Å²) in [4.78, 5) is 4.31. The van der Waals surface area contributed by atoms with Crippen molar-refractivity contribution >= 4 is 0 Å². The van der Waals surface area contributed by atoms with Gasteiger partial charge in [-0.15, -0.1) is 0 Å². The summed E-state index contributed by atoms with van der Waals surface area (Å²) in [5, 5.41) is 2.85. The minimum absolute atomic E-state index is 0.377. The van der Waals surface area contributed by atoms with Crippen molar-refractivity contribution in [2.75, 3.05) is 7.05 Å². The Labute approximate surface area is 123 Å². The van der Waals surface area contributed by atoms with E-state index in [1.807, 2.05) is 13.8 Å². The van der Waals surface area contributed by atoms with E-state index in [2.05, 4.69) is 10.3 Å². The van der Waals surface area contributed by atoms with Crippen LogP contribution in [0.25, 0.3) is 0 Å². The van der Waals surface area contributed by atoms with Crippen molar-refractivity contribution in [1.29, 1.82) is 0 Å². The third-order valence-corrected chi connectivity index (χ3v) is 3.06. The van der Waals surface area contributed by atoms with Crippen LogP contribution in [-0.2, 0) is 13.0 Å². The van der Waals surface area contributed by atoms with Crippen LogP contribution in [0, 0.1) is 18.6 Å². The largest absolute Gasteiger partial charge is 0.449 e. The zero-order chi connectivity index (χ0) is 15.4. The van der Waals surface area contributed by atoms with Gasteiger partial charge in [-0.3, -0.25) is 4.98 Å². The molecule has 3 nitrogen and oxygen atoms in total. The molecular formula is C16H18F2N2O. The fraction of sp³-hybridized carbons (Fsp3) is 0.312. The molecule has 0 amide bonds. The molecule has 0 spiro atoms. The number of halogens is 2. The van der Waals surface area contributed by atoms with E-state index in [4.69, 9.17) is 4.74 Å². The van der Waals surface area contributed by atoms with E-state index in [-0.39, 0.29) is 0 Å². The van der Waals surface area contributed by atoms with Gasteiger partial charge in [0, 0.05) is 12.2 Å². The first-order chi connectivity index (χ1) is 10.0. The van der Waals surface area contributed by atoms with Gasteiger partial charge in [-0.2, -0.15) is 0 Å². The molecule has 112 valence electrons. The quantitative estimate of drug-likeness (QED) is 0.911. The molecule has 0 atom stereocenters. The van der Waals surface area contributed by atoms with Crippen LogP contribution in [0.4, 0.5) is 8.78 Å². The topological polar surface area (TPSA) is 34.1 Å². The van der Waals surface area contributed by atoms with Gasteiger partial charge in [-0.25, -0.2) is 8.78 Å². The summed E-state index contributed by atoms with van der Waals surface area (Å²) < 4.78 is 33.5. The third kappa shape index (κ3) is 3.55. The highest BCUT2D eigenvalue weighted by molar-refractivity contribution is 5.38. The van der Waals surface area contributed by atoms with Gasteiger partial charge < -0.3 is 10.1 Å². The number of rotatable bonds is 5. The molecule has 2 aromatic rings. The van der Waals surface area contributed by atoms with E-state index in [1.165, 1.54) is 12.1 Å². The molecule has 1 aromatic heterocycles. The predicted octanol–water partition coefficient (Wildman–Crippen LogP) is 3.74. The van der Waals surface area contributed by atoms with Gasteiger partial charge in [0.2, 0.25) is 0 Å². The van der Waals surface area contributed by atoms with Gasteiger partial charge in [0.1, 0.15) is 5.75 Å². The highest BCUT2D eigenvalue weighted by Gasteiger charge is 2.15. The molecule has 0 unspecified atom stereocenters. The summed E-state index contributed by atoms with van der Waals surface area (Å²) in [5.74, 6) is -1.46. The molecule has 0 radical (unpaired) electrons. The molecule has 0 saturated carbocycles. The van der Waals surface area contributed by atoms with E-state index in [0.29, 0.717) is 30.0 Å². The monoisotopic (exact) mass is 292 g/mol. The smallest absolute Gasteiger partial charge is 0.198 e. The summed E-state index contributed by atoms with van der Waals surface area (Å²) in [6, 6.07) is 5.96. The Kier molecular flexibility index (Phi) is 4.85. The third-order valence-electron chi connectivity index (χ3n) is 3.06. The van der Waals surface area contributed by atoms with Crippen molar-refractivity contribution in [2.24, 2.45) is 0 Å².